The lowest BCUT2D eigenvalue weighted by Gasteiger charge is -2.19. The molecular formula is C25H22ClF2N5O4. The number of pyridine rings is 3. The van der Waals surface area contributed by atoms with Gasteiger partial charge in [-0.25, -0.2) is 18.7 Å². The van der Waals surface area contributed by atoms with Crippen LogP contribution in [0.1, 0.15) is 29.7 Å². The van der Waals surface area contributed by atoms with E-state index in [1.165, 1.54) is 23.8 Å². The monoisotopic (exact) mass is 529 g/mol. The van der Waals surface area contributed by atoms with Crippen LogP contribution in [-0.4, -0.2) is 41.3 Å². The molecule has 0 aliphatic carbocycles. The number of aromatic nitrogens is 5. The summed E-state index contributed by atoms with van der Waals surface area (Å²) in [7, 11) is 0. The lowest BCUT2D eigenvalue weighted by Crippen LogP contribution is -2.28. The summed E-state index contributed by atoms with van der Waals surface area (Å²) in [6, 6.07) is 5.43. The third-order valence-corrected chi connectivity index (χ3v) is 5.92. The van der Waals surface area contributed by atoms with E-state index in [9.17, 15) is 23.8 Å². The third kappa shape index (κ3) is 5.33. The predicted octanol–water partition coefficient (Wildman–Crippen LogP) is 3.41. The van der Waals surface area contributed by atoms with Crippen molar-refractivity contribution in [2.45, 2.75) is 33.0 Å². The highest BCUT2D eigenvalue weighted by molar-refractivity contribution is 6.31. The van der Waals surface area contributed by atoms with Crippen LogP contribution >= 0.6 is 11.6 Å². The summed E-state index contributed by atoms with van der Waals surface area (Å²) < 4.78 is 33.9. The van der Waals surface area contributed by atoms with Gasteiger partial charge in [0.15, 0.2) is 11.6 Å². The van der Waals surface area contributed by atoms with Crippen LogP contribution in [0.5, 0.6) is 5.75 Å². The quantitative estimate of drug-likeness (QED) is 0.373. The lowest BCUT2D eigenvalue weighted by molar-refractivity contribution is -0.00962. The number of aliphatic hydroxyl groups is 2. The van der Waals surface area contributed by atoms with Gasteiger partial charge in [-0.05, 0) is 38.5 Å². The second kappa shape index (κ2) is 10.3. The first kappa shape index (κ1) is 26.3. The fourth-order valence-electron chi connectivity index (χ4n) is 3.51. The molecule has 2 N–H and O–H groups in total. The molecule has 37 heavy (non-hydrogen) atoms. The molecule has 4 aromatic rings. The zero-order valence-electron chi connectivity index (χ0n) is 20.0. The van der Waals surface area contributed by atoms with Gasteiger partial charge in [-0.3, -0.25) is 19.3 Å². The molecule has 4 rings (SSSR count). The molecule has 0 spiro atoms. The van der Waals surface area contributed by atoms with Crippen molar-refractivity contribution in [1.29, 1.82) is 0 Å². The molecule has 0 radical (unpaired) electrons. The Labute approximate surface area is 215 Å². The Morgan fingerprint density at radius 2 is 1.86 bits per heavy atom. The zero-order chi connectivity index (χ0) is 26.9. The van der Waals surface area contributed by atoms with Gasteiger partial charge in [0.05, 0.1) is 29.9 Å². The van der Waals surface area contributed by atoms with Crippen molar-refractivity contribution in [1.82, 2.24) is 24.5 Å². The molecule has 0 amide bonds. The average Bonchev–Trinajstić information content (AvgIpc) is 2.87. The van der Waals surface area contributed by atoms with Crippen molar-refractivity contribution < 1.29 is 23.7 Å². The summed E-state index contributed by atoms with van der Waals surface area (Å²) in [6.07, 6.45) is 3.86. The van der Waals surface area contributed by atoms with E-state index in [1.54, 1.807) is 32.2 Å². The molecule has 192 valence electrons. The van der Waals surface area contributed by atoms with Crippen LogP contribution in [0, 0.1) is 25.5 Å². The van der Waals surface area contributed by atoms with Crippen LogP contribution in [0.2, 0.25) is 5.02 Å². The highest BCUT2D eigenvalue weighted by Gasteiger charge is 2.26. The van der Waals surface area contributed by atoms with E-state index in [1.807, 2.05) is 0 Å². The molecule has 0 bridgehead atoms. The van der Waals surface area contributed by atoms with Gasteiger partial charge in [-0.2, -0.15) is 0 Å². The first-order valence-electron chi connectivity index (χ1n) is 11.0. The molecule has 12 heteroatoms. The van der Waals surface area contributed by atoms with Gasteiger partial charge < -0.3 is 14.9 Å². The van der Waals surface area contributed by atoms with Crippen molar-refractivity contribution in [2.75, 3.05) is 6.61 Å². The zero-order valence-corrected chi connectivity index (χ0v) is 20.8. The molecule has 0 fully saturated rings. The second-order valence-electron chi connectivity index (χ2n) is 8.53. The smallest absolute Gasteiger partial charge is 0.277 e. The van der Waals surface area contributed by atoms with Gasteiger partial charge in [0.2, 0.25) is 0 Å². The topological polar surface area (TPSA) is 123 Å². The molecule has 0 aliphatic rings. The number of halogens is 3. The Morgan fingerprint density at radius 3 is 2.57 bits per heavy atom. The molecule has 9 nitrogen and oxygen atoms in total. The normalized spacial score (nSPS) is 12.9. The van der Waals surface area contributed by atoms with Crippen LogP contribution < -0.4 is 10.3 Å². The number of rotatable bonds is 7. The summed E-state index contributed by atoms with van der Waals surface area (Å²) >= 11 is 6.33. The summed E-state index contributed by atoms with van der Waals surface area (Å²) in [4.78, 5) is 29.6. The molecule has 0 saturated carbocycles. The first-order valence-corrected chi connectivity index (χ1v) is 11.4. The fraction of sp³-hybridized carbons (Fsp3) is 0.240. The number of aryl methyl sites for hydroxylation is 2. The number of aliphatic hydroxyl groups excluding tert-OH is 1. The number of ether oxygens (including phenoxy) is 1. The maximum Gasteiger partial charge on any atom is 0.277 e. The molecule has 0 unspecified atom stereocenters. The van der Waals surface area contributed by atoms with Crippen LogP contribution in [0.15, 0.2) is 47.7 Å². The lowest BCUT2D eigenvalue weighted by atomic mass is 10.1. The van der Waals surface area contributed by atoms with Gasteiger partial charge in [0.1, 0.15) is 34.5 Å². The van der Waals surface area contributed by atoms with Crippen molar-refractivity contribution in [3.63, 3.8) is 0 Å². The first-order chi connectivity index (χ1) is 17.5. The van der Waals surface area contributed by atoms with Gasteiger partial charge >= 0.3 is 0 Å². The predicted molar refractivity (Wildman–Crippen MR) is 130 cm³/mol. The summed E-state index contributed by atoms with van der Waals surface area (Å²) in [5, 5.41) is 19.5. The summed E-state index contributed by atoms with van der Waals surface area (Å²) in [5.74, 6) is -1.66. The Kier molecular flexibility index (Phi) is 7.30. The maximum absolute atomic E-state index is 13.9. The van der Waals surface area contributed by atoms with E-state index in [0.29, 0.717) is 34.4 Å². The van der Waals surface area contributed by atoms with Crippen LogP contribution in [0.4, 0.5) is 8.78 Å². The Hall–Kier alpha value is -3.80. The molecule has 4 heterocycles. The van der Waals surface area contributed by atoms with E-state index in [4.69, 9.17) is 16.3 Å². The number of hydrogen-bond donors (Lipinski definition) is 2. The minimum absolute atomic E-state index is 0.0152. The minimum Gasteiger partial charge on any atom is -0.485 e. The highest BCUT2D eigenvalue weighted by atomic mass is 35.5. The standard InChI is InChI=1S/C25H22ClF2N5O4/c1-13-9-30-18(17-4-5-29-24(32-17)25(3,36)12-34)8-20(13)33-14(2)6-21(22(26)23(33)35)37-11-19-16(28)7-15(27)10-31-19/h4-10,34,36H,11-12H2,1-3H3/t25-/m1/s1. The SMILES string of the molecule is Cc1cnc(-c2ccnc([C@](C)(O)CO)n2)cc1-n1c(C)cc(OCc2ncc(F)cc2F)c(Cl)c1=O. The molecular weight excluding hydrogens is 508 g/mol. The average molecular weight is 530 g/mol. The summed E-state index contributed by atoms with van der Waals surface area (Å²) in [5.41, 5.74) is -0.0243. The van der Waals surface area contributed by atoms with Crippen molar-refractivity contribution in [3.8, 4) is 22.8 Å². The number of nitrogens with zero attached hydrogens (tertiary/aromatic N) is 5. The van der Waals surface area contributed by atoms with E-state index in [0.717, 1.165) is 6.20 Å². The second-order valence-corrected chi connectivity index (χ2v) is 8.91. The molecule has 0 saturated heterocycles. The van der Waals surface area contributed by atoms with E-state index in [-0.39, 0.29) is 28.9 Å². The minimum atomic E-state index is -1.65. The van der Waals surface area contributed by atoms with Gasteiger partial charge in [-0.1, -0.05) is 11.6 Å². The van der Waals surface area contributed by atoms with E-state index in [2.05, 4.69) is 19.9 Å². The Morgan fingerprint density at radius 1 is 1.11 bits per heavy atom. The van der Waals surface area contributed by atoms with Gasteiger partial charge in [-0.15, -0.1) is 0 Å². The van der Waals surface area contributed by atoms with Gasteiger partial charge in [0, 0.05) is 30.2 Å². The maximum atomic E-state index is 13.9. The van der Waals surface area contributed by atoms with Crippen LogP contribution in [0.3, 0.4) is 0 Å². The van der Waals surface area contributed by atoms with Gasteiger partial charge in [0.25, 0.3) is 5.56 Å². The third-order valence-electron chi connectivity index (χ3n) is 5.57. The van der Waals surface area contributed by atoms with Crippen LogP contribution in [0.25, 0.3) is 17.1 Å². The Balaban J connectivity index is 1.72. The van der Waals surface area contributed by atoms with Crippen molar-refractivity contribution >= 4 is 11.6 Å². The van der Waals surface area contributed by atoms with E-state index < -0.39 is 29.4 Å². The molecule has 0 aliphatic heterocycles. The highest BCUT2D eigenvalue weighted by Crippen LogP contribution is 2.27. The van der Waals surface area contributed by atoms with Crippen molar-refractivity contribution in [3.05, 3.63) is 92.6 Å². The largest absolute Gasteiger partial charge is 0.485 e. The van der Waals surface area contributed by atoms with E-state index >= 15 is 0 Å². The van der Waals surface area contributed by atoms with Crippen LogP contribution in [-0.2, 0) is 12.2 Å². The molecule has 4 aromatic heterocycles. The fourth-order valence-corrected chi connectivity index (χ4v) is 3.70. The Bertz CT molecular complexity index is 1540. The molecule has 0 aromatic carbocycles. The van der Waals surface area contributed by atoms with Crippen molar-refractivity contribution in [2.24, 2.45) is 0 Å². The number of hydrogen-bond acceptors (Lipinski definition) is 8. The molecule has 1 atom stereocenters. The summed E-state index contributed by atoms with van der Waals surface area (Å²) in [6.45, 7) is 3.88.